The maximum atomic E-state index is 6.22. The number of ether oxygens (including phenoxy) is 1. The first-order valence-electron chi connectivity index (χ1n) is 9.25. The number of rotatable bonds is 3. The van der Waals surface area contributed by atoms with Crippen LogP contribution in [-0.4, -0.2) is 62.1 Å². The van der Waals surface area contributed by atoms with Gasteiger partial charge in [0.25, 0.3) is 0 Å². The molecule has 1 atom stereocenters. The summed E-state index contributed by atoms with van der Waals surface area (Å²) in [6.45, 7) is 5.86. The van der Waals surface area contributed by atoms with Gasteiger partial charge in [-0.05, 0) is 44.7 Å². The quantitative estimate of drug-likeness (QED) is 0.647. The Morgan fingerprint density at radius 2 is 2.07 bits per heavy atom. The molecule has 1 N–H and O–H groups in total. The minimum absolute atomic E-state index is 0. The number of anilines is 2. The van der Waals surface area contributed by atoms with E-state index in [1.54, 1.807) is 18.4 Å². The van der Waals surface area contributed by atoms with Crippen molar-refractivity contribution >= 4 is 70.0 Å². The summed E-state index contributed by atoms with van der Waals surface area (Å²) in [6.07, 6.45) is 1.02. The van der Waals surface area contributed by atoms with Gasteiger partial charge in [-0.3, -0.25) is 4.90 Å². The summed E-state index contributed by atoms with van der Waals surface area (Å²) in [6, 6.07) is 8.55. The number of nitrogens with one attached hydrogen (secondary N) is 1. The van der Waals surface area contributed by atoms with Crippen LogP contribution in [0, 0.1) is 6.92 Å². The smallest absolute Gasteiger partial charge is 0.139 e. The molecule has 3 heterocycles. The number of methoxy groups -OCH3 is 1. The maximum Gasteiger partial charge on any atom is 0.139 e. The molecule has 2 aliphatic heterocycles. The molecule has 2 aromatic rings. The van der Waals surface area contributed by atoms with Crippen LogP contribution < -0.4 is 5.32 Å². The Labute approximate surface area is 193 Å². The van der Waals surface area contributed by atoms with Crippen molar-refractivity contribution in [3.05, 3.63) is 39.7 Å². The predicted octanol–water partition coefficient (Wildman–Crippen LogP) is 5.34. The summed E-state index contributed by atoms with van der Waals surface area (Å²) in [5.41, 5.74) is 3.08. The van der Waals surface area contributed by atoms with Gasteiger partial charge in [-0.25, -0.2) is 4.99 Å². The van der Waals surface area contributed by atoms with E-state index < -0.39 is 0 Å². The first-order chi connectivity index (χ1) is 13.0. The number of amidine groups is 1. The van der Waals surface area contributed by atoms with E-state index in [0.29, 0.717) is 11.1 Å². The van der Waals surface area contributed by atoms with Crippen LogP contribution in [0.15, 0.2) is 29.3 Å². The van der Waals surface area contributed by atoms with Crippen molar-refractivity contribution in [1.29, 1.82) is 0 Å². The number of aliphatic imine (C=N–C) groups is 1. The maximum absolute atomic E-state index is 6.22. The highest BCUT2D eigenvalue weighted by Crippen LogP contribution is 2.40. The van der Waals surface area contributed by atoms with Gasteiger partial charge in [-0.15, -0.1) is 36.2 Å². The lowest BCUT2D eigenvalue weighted by Crippen LogP contribution is -2.53. The van der Waals surface area contributed by atoms with E-state index in [4.69, 9.17) is 21.3 Å². The van der Waals surface area contributed by atoms with Gasteiger partial charge in [-0.2, -0.15) is 0 Å². The highest BCUT2D eigenvalue weighted by atomic mass is 35.5. The number of halogens is 3. The molecule has 29 heavy (non-hydrogen) atoms. The minimum atomic E-state index is 0. The highest BCUT2D eigenvalue weighted by Gasteiger charge is 2.29. The number of aryl methyl sites for hydroxylation is 1. The van der Waals surface area contributed by atoms with Gasteiger partial charge in [-0.1, -0.05) is 11.6 Å². The summed E-state index contributed by atoms with van der Waals surface area (Å²) >= 11 is 7.98. The largest absolute Gasteiger partial charge is 0.385 e. The Morgan fingerprint density at radius 3 is 2.83 bits per heavy atom. The molecule has 160 valence electrons. The molecule has 2 aliphatic rings. The molecule has 1 unspecified atom stereocenters. The second-order valence-electron chi connectivity index (χ2n) is 7.18. The monoisotopic (exact) mass is 476 g/mol. The molecule has 4 rings (SSSR count). The highest BCUT2D eigenvalue weighted by molar-refractivity contribution is 7.16. The van der Waals surface area contributed by atoms with Crippen LogP contribution in [0.5, 0.6) is 0 Å². The third-order valence-corrected chi connectivity index (χ3v) is 6.46. The van der Waals surface area contributed by atoms with Crippen LogP contribution in [-0.2, 0) is 4.74 Å². The van der Waals surface area contributed by atoms with E-state index in [1.807, 2.05) is 18.2 Å². The van der Waals surface area contributed by atoms with Crippen molar-refractivity contribution in [1.82, 2.24) is 9.80 Å². The van der Waals surface area contributed by atoms with Crippen LogP contribution in [0.4, 0.5) is 16.4 Å². The minimum Gasteiger partial charge on any atom is -0.385 e. The number of nitrogens with zero attached hydrogens (tertiary/aromatic N) is 3. The number of benzene rings is 1. The Balaban J connectivity index is 0.00000150. The first kappa shape index (κ1) is 24.3. The Morgan fingerprint density at radius 1 is 1.28 bits per heavy atom. The van der Waals surface area contributed by atoms with Crippen LogP contribution in [0.1, 0.15) is 16.9 Å². The summed E-state index contributed by atoms with van der Waals surface area (Å²) in [5, 5.41) is 5.41. The number of hydrogen-bond donors (Lipinski definition) is 1. The normalized spacial score (nSPS) is 18.4. The van der Waals surface area contributed by atoms with Gasteiger partial charge < -0.3 is 15.0 Å². The second-order valence-corrected chi connectivity index (χ2v) is 8.88. The molecule has 5 nitrogen and oxygen atoms in total. The van der Waals surface area contributed by atoms with Crippen LogP contribution in [0.25, 0.3) is 0 Å². The van der Waals surface area contributed by atoms with Gasteiger partial charge in [0.2, 0.25) is 0 Å². The standard InChI is InChI=1S/C20H25ClN4OS.2ClH/c1-13-10-16-19(25-8-7-24(2)15(12-25)6-9-26-3)22-17-5-4-14(21)11-18(17)23-20(16)27-13;;/h4-5,10-11,15,23H,6-9,12H2,1-3H3;2*1H. The van der Waals surface area contributed by atoms with E-state index in [2.05, 4.69) is 35.2 Å². The summed E-state index contributed by atoms with van der Waals surface area (Å²) < 4.78 is 5.31. The van der Waals surface area contributed by atoms with E-state index in [-0.39, 0.29) is 24.8 Å². The molecule has 0 amide bonds. The average Bonchev–Trinajstić information content (AvgIpc) is 2.93. The fraction of sp³-hybridized carbons (Fsp3) is 0.450. The molecule has 0 bridgehead atoms. The fourth-order valence-electron chi connectivity index (χ4n) is 3.72. The molecule has 1 saturated heterocycles. The van der Waals surface area contributed by atoms with Crippen molar-refractivity contribution in [2.24, 2.45) is 4.99 Å². The molecule has 0 spiro atoms. The number of likely N-dealkylation sites (N-methyl/N-ethyl adjacent to an activating group) is 1. The van der Waals surface area contributed by atoms with Crippen molar-refractivity contribution in [2.75, 3.05) is 45.7 Å². The zero-order chi connectivity index (χ0) is 19.0. The van der Waals surface area contributed by atoms with Gasteiger partial charge in [0.05, 0.1) is 16.9 Å². The van der Waals surface area contributed by atoms with E-state index in [0.717, 1.165) is 54.9 Å². The first-order valence-corrected chi connectivity index (χ1v) is 10.4. The summed E-state index contributed by atoms with van der Waals surface area (Å²) in [4.78, 5) is 11.2. The van der Waals surface area contributed by atoms with Gasteiger partial charge in [0.15, 0.2) is 0 Å². The van der Waals surface area contributed by atoms with E-state index in [9.17, 15) is 0 Å². The lowest BCUT2D eigenvalue weighted by molar-refractivity contribution is 0.100. The van der Waals surface area contributed by atoms with Gasteiger partial charge >= 0.3 is 0 Å². The topological polar surface area (TPSA) is 40.1 Å². The number of thiophene rings is 1. The van der Waals surface area contributed by atoms with Crippen LogP contribution >= 0.6 is 47.8 Å². The van der Waals surface area contributed by atoms with Crippen molar-refractivity contribution < 1.29 is 4.74 Å². The number of piperazine rings is 1. The zero-order valence-corrected chi connectivity index (χ0v) is 20.0. The lowest BCUT2D eigenvalue weighted by Gasteiger charge is -2.40. The molecule has 0 saturated carbocycles. The number of hydrogen-bond acceptors (Lipinski definition) is 6. The molecule has 0 aliphatic carbocycles. The molecular formula is C20H27Cl3N4OS. The molecule has 9 heteroatoms. The number of fused-ring (bicyclic) bond motifs is 2. The van der Waals surface area contributed by atoms with Crippen molar-refractivity contribution in [3.8, 4) is 0 Å². The van der Waals surface area contributed by atoms with Crippen LogP contribution in [0.3, 0.4) is 0 Å². The van der Waals surface area contributed by atoms with E-state index in [1.165, 1.54) is 10.4 Å². The summed E-state index contributed by atoms with van der Waals surface area (Å²) in [7, 11) is 3.97. The summed E-state index contributed by atoms with van der Waals surface area (Å²) in [5.74, 6) is 1.05. The third-order valence-electron chi connectivity index (χ3n) is 5.26. The zero-order valence-electron chi connectivity index (χ0n) is 16.8. The Kier molecular flexibility index (Phi) is 8.64. The Hall–Kier alpha value is -1.02. The fourth-order valence-corrected chi connectivity index (χ4v) is 4.81. The second kappa shape index (κ2) is 10.3. The van der Waals surface area contributed by atoms with Crippen molar-refractivity contribution in [3.63, 3.8) is 0 Å². The van der Waals surface area contributed by atoms with Gasteiger partial charge in [0.1, 0.15) is 10.8 Å². The predicted molar refractivity (Wildman–Crippen MR) is 129 cm³/mol. The molecule has 1 aromatic carbocycles. The Bertz CT molecular complexity index is 873. The van der Waals surface area contributed by atoms with Crippen LogP contribution in [0.2, 0.25) is 5.02 Å². The molecular weight excluding hydrogens is 451 g/mol. The molecule has 1 fully saturated rings. The molecule has 0 radical (unpaired) electrons. The van der Waals surface area contributed by atoms with Gasteiger partial charge in [0, 0.05) is 49.3 Å². The lowest BCUT2D eigenvalue weighted by atomic mass is 10.1. The third kappa shape index (κ3) is 5.19. The van der Waals surface area contributed by atoms with Crippen molar-refractivity contribution in [2.45, 2.75) is 19.4 Å². The van der Waals surface area contributed by atoms with E-state index >= 15 is 0 Å². The SMILES string of the molecule is COCCC1CN(C2=Nc3ccc(Cl)cc3Nc3sc(C)cc32)CCN1C.Cl.Cl. The average molecular weight is 478 g/mol. The molecule has 1 aromatic heterocycles.